The molecule has 0 bridgehead atoms. The molecule has 118 valence electrons. The fourth-order valence-electron chi connectivity index (χ4n) is 2.35. The molecule has 0 saturated heterocycles. The fourth-order valence-corrected chi connectivity index (χ4v) is 2.35. The number of carbonyl (C=O) groups is 2. The average Bonchev–Trinajstić information content (AvgIpc) is 2.60. The lowest BCUT2D eigenvalue weighted by Gasteiger charge is -2.23. The minimum absolute atomic E-state index is 0.0280. The van der Waals surface area contributed by atoms with Gasteiger partial charge in [0.1, 0.15) is 5.75 Å². The largest absolute Gasteiger partial charge is 0.497 e. The molecule has 2 amide bonds. The van der Waals surface area contributed by atoms with Gasteiger partial charge in [-0.3, -0.25) is 9.69 Å². The summed E-state index contributed by atoms with van der Waals surface area (Å²) in [5.41, 5.74) is 2.30. The number of nitrogens with one attached hydrogen (secondary N) is 2. The summed E-state index contributed by atoms with van der Waals surface area (Å²) >= 11 is 0. The highest BCUT2D eigenvalue weighted by Crippen LogP contribution is 2.21. The molecular formula is C17H17N3O3. The number of nitrogens with zero attached hydrogens (tertiary/aromatic N) is 1. The number of amides is 2. The van der Waals surface area contributed by atoms with Gasteiger partial charge < -0.3 is 15.4 Å². The summed E-state index contributed by atoms with van der Waals surface area (Å²) in [6.07, 6.45) is 6.72. The molecule has 6 heteroatoms. The topological polar surface area (TPSA) is 70.7 Å². The number of ether oxygens (including phenoxy) is 1. The van der Waals surface area contributed by atoms with Crippen LogP contribution in [-0.4, -0.2) is 30.4 Å². The van der Waals surface area contributed by atoms with E-state index >= 15 is 0 Å². The van der Waals surface area contributed by atoms with Gasteiger partial charge in [-0.15, -0.1) is 0 Å². The molecule has 0 aromatic heterocycles. The zero-order chi connectivity index (χ0) is 16.2. The van der Waals surface area contributed by atoms with Crippen molar-refractivity contribution >= 4 is 11.8 Å². The average molecular weight is 311 g/mol. The monoisotopic (exact) mass is 311 g/mol. The van der Waals surface area contributed by atoms with E-state index in [1.54, 1.807) is 31.8 Å². The SMILES string of the molecule is COc1ccc(CNC(=O)N2C=CC3=CNCC(=O)C3=C2)cc1. The number of ketones is 1. The molecule has 2 heterocycles. The van der Waals surface area contributed by atoms with E-state index in [1.807, 2.05) is 24.3 Å². The van der Waals surface area contributed by atoms with Crippen molar-refractivity contribution in [1.29, 1.82) is 0 Å². The van der Waals surface area contributed by atoms with E-state index in [9.17, 15) is 9.59 Å². The molecule has 2 N–H and O–H groups in total. The van der Waals surface area contributed by atoms with Crippen LogP contribution in [0.4, 0.5) is 4.79 Å². The van der Waals surface area contributed by atoms with Crippen molar-refractivity contribution in [2.45, 2.75) is 6.54 Å². The third-order valence-electron chi connectivity index (χ3n) is 3.65. The quantitative estimate of drug-likeness (QED) is 0.891. The first kappa shape index (κ1) is 14.9. The molecular weight excluding hydrogens is 294 g/mol. The molecule has 3 rings (SSSR count). The van der Waals surface area contributed by atoms with Crippen LogP contribution in [0.3, 0.4) is 0 Å². The van der Waals surface area contributed by atoms with Crippen LogP contribution in [0.2, 0.25) is 0 Å². The zero-order valence-corrected chi connectivity index (χ0v) is 12.7. The first-order valence-corrected chi connectivity index (χ1v) is 7.23. The molecule has 0 fully saturated rings. The van der Waals surface area contributed by atoms with Crippen molar-refractivity contribution in [3.63, 3.8) is 0 Å². The summed E-state index contributed by atoms with van der Waals surface area (Å²) in [5.74, 6) is 0.743. The van der Waals surface area contributed by atoms with Gasteiger partial charge in [-0.1, -0.05) is 12.1 Å². The van der Waals surface area contributed by atoms with Gasteiger partial charge >= 0.3 is 6.03 Å². The van der Waals surface area contributed by atoms with Crippen molar-refractivity contribution in [2.24, 2.45) is 0 Å². The van der Waals surface area contributed by atoms with Crippen LogP contribution in [0.1, 0.15) is 5.56 Å². The highest BCUT2D eigenvalue weighted by atomic mass is 16.5. The van der Waals surface area contributed by atoms with E-state index in [0.29, 0.717) is 12.1 Å². The third kappa shape index (κ3) is 3.26. The first-order valence-electron chi connectivity index (χ1n) is 7.23. The van der Waals surface area contributed by atoms with Gasteiger partial charge in [0.2, 0.25) is 0 Å². The van der Waals surface area contributed by atoms with Crippen molar-refractivity contribution < 1.29 is 14.3 Å². The van der Waals surface area contributed by atoms with E-state index in [-0.39, 0.29) is 18.4 Å². The Morgan fingerprint density at radius 1 is 1.35 bits per heavy atom. The van der Waals surface area contributed by atoms with Crippen molar-refractivity contribution in [3.8, 4) is 5.75 Å². The van der Waals surface area contributed by atoms with Crippen molar-refractivity contribution in [3.05, 3.63) is 65.7 Å². The Labute approximate surface area is 134 Å². The third-order valence-corrected chi connectivity index (χ3v) is 3.65. The molecule has 2 aliphatic rings. The van der Waals surface area contributed by atoms with Gasteiger partial charge in [-0.25, -0.2) is 4.79 Å². The normalized spacial score (nSPS) is 16.0. The smallest absolute Gasteiger partial charge is 0.325 e. The van der Waals surface area contributed by atoms with E-state index in [4.69, 9.17) is 4.74 Å². The maximum Gasteiger partial charge on any atom is 0.325 e. The molecule has 0 spiro atoms. The maximum atomic E-state index is 12.2. The number of allylic oxidation sites excluding steroid dienone is 2. The molecule has 0 atom stereocenters. The second kappa shape index (κ2) is 6.39. The van der Waals surface area contributed by atoms with Crippen molar-refractivity contribution in [2.75, 3.05) is 13.7 Å². The first-order chi connectivity index (χ1) is 11.2. The van der Waals surface area contributed by atoms with Gasteiger partial charge in [0.05, 0.1) is 13.7 Å². The van der Waals surface area contributed by atoms with Gasteiger partial charge in [0.15, 0.2) is 5.78 Å². The molecule has 2 aliphatic heterocycles. The van der Waals surface area contributed by atoms with Gasteiger partial charge in [0.25, 0.3) is 0 Å². The number of fused-ring (bicyclic) bond motifs is 1. The molecule has 0 aliphatic carbocycles. The van der Waals surface area contributed by atoms with Crippen LogP contribution in [0, 0.1) is 0 Å². The molecule has 1 aromatic rings. The number of rotatable bonds is 3. The second-order valence-electron chi connectivity index (χ2n) is 5.18. The lowest BCUT2D eigenvalue weighted by atomic mass is 9.99. The zero-order valence-electron chi connectivity index (χ0n) is 12.7. The summed E-state index contributed by atoms with van der Waals surface area (Å²) in [7, 11) is 1.61. The number of hydrogen-bond acceptors (Lipinski definition) is 4. The highest BCUT2D eigenvalue weighted by Gasteiger charge is 2.22. The second-order valence-corrected chi connectivity index (χ2v) is 5.18. The molecule has 23 heavy (non-hydrogen) atoms. The molecule has 0 radical (unpaired) electrons. The summed E-state index contributed by atoms with van der Waals surface area (Å²) in [5, 5.41) is 5.72. The number of urea groups is 1. The van der Waals surface area contributed by atoms with E-state index in [0.717, 1.165) is 16.9 Å². The Kier molecular flexibility index (Phi) is 4.14. The lowest BCUT2D eigenvalue weighted by molar-refractivity contribution is -0.114. The van der Waals surface area contributed by atoms with Gasteiger partial charge in [-0.05, 0) is 23.8 Å². The predicted molar refractivity (Wildman–Crippen MR) is 85.4 cm³/mol. The molecule has 0 saturated carbocycles. The Balaban J connectivity index is 1.63. The Bertz CT molecular complexity index is 717. The van der Waals surface area contributed by atoms with Crippen LogP contribution >= 0.6 is 0 Å². The minimum atomic E-state index is -0.282. The van der Waals surface area contributed by atoms with Crippen LogP contribution < -0.4 is 15.4 Å². The van der Waals surface area contributed by atoms with E-state index < -0.39 is 0 Å². The number of Topliss-reactive ketones (excluding diaryl/α,β-unsaturated/α-hetero) is 1. The van der Waals surface area contributed by atoms with Crippen LogP contribution in [-0.2, 0) is 11.3 Å². The summed E-state index contributed by atoms with van der Waals surface area (Å²) < 4.78 is 5.10. The minimum Gasteiger partial charge on any atom is -0.497 e. The van der Waals surface area contributed by atoms with E-state index in [2.05, 4.69) is 10.6 Å². The van der Waals surface area contributed by atoms with Gasteiger partial charge in [-0.2, -0.15) is 0 Å². The highest BCUT2D eigenvalue weighted by molar-refractivity contribution is 6.03. The van der Waals surface area contributed by atoms with Crippen LogP contribution in [0.25, 0.3) is 0 Å². The maximum absolute atomic E-state index is 12.2. The number of benzene rings is 1. The molecule has 1 aromatic carbocycles. The Morgan fingerprint density at radius 3 is 2.87 bits per heavy atom. The van der Waals surface area contributed by atoms with Crippen LogP contribution in [0.5, 0.6) is 5.75 Å². The molecule has 0 unspecified atom stereocenters. The summed E-state index contributed by atoms with van der Waals surface area (Å²) in [4.78, 5) is 25.5. The van der Waals surface area contributed by atoms with Crippen molar-refractivity contribution in [1.82, 2.24) is 15.5 Å². The predicted octanol–water partition coefficient (Wildman–Crippen LogP) is 1.67. The Hall–Kier alpha value is -3.02. The molecule has 6 nitrogen and oxygen atoms in total. The van der Waals surface area contributed by atoms with E-state index in [1.165, 1.54) is 4.90 Å². The fraction of sp³-hybridized carbons (Fsp3) is 0.176. The van der Waals surface area contributed by atoms with Gasteiger partial charge in [0, 0.05) is 36.3 Å². The summed E-state index contributed by atoms with van der Waals surface area (Å²) in [6, 6.07) is 7.18. The number of methoxy groups -OCH3 is 1. The Morgan fingerprint density at radius 2 is 2.13 bits per heavy atom. The summed E-state index contributed by atoms with van der Waals surface area (Å²) in [6.45, 7) is 0.652. The number of hydrogen-bond donors (Lipinski definition) is 2. The standard InChI is InChI=1S/C17H17N3O3/c1-23-14-4-2-12(3-5-14)8-19-17(22)20-7-6-13-9-18-10-16(21)15(13)11-20/h2-7,9,11,18H,8,10H2,1H3,(H,19,22). The lowest BCUT2D eigenvalue weighted by Crippen LogP contribution is -2.36. The number of carbonyl (C=O) groups excluding carboxylic acids is 2. The van der Waals surface area contributed by atoms with Crippen LogP contribution in [0.15, 0.2) is 60.1 Å².